The SMILES string of the molecule is O=C(NC1CC(O)C1)c1cc(Cl)ccc1F. The van der Waals surface area contributed by atoms with Crippen LogP contribution in [0.25, 0.3) is 0 Å². The number of aliphatic hydroxyl groups is 1. The minimum atomic E-state index is -0.596. The Bertz CT molecular complexity index is 418. The molecule has 1 fully saturated rings. The van der Waals surface area contributed by atoms with Crippen molar-refractivity contribution in [2.24, 2.45) is 0 Å². The molecule has 0 saturated heterocycles. The summed E-state index contributed by atoms with van der Waals surface area (Å²) in [7, 11) is 0. The van der Waals surface area contributed by atoms with Gasteiger partial charge in [-0.3, -0.25) is 4.79 Å². The highest BCUT2D eigenvalue weighted by Crippen LogP contribution is 2.21. The van der Waals surface area contributed by atoms with Crippen LogP contribution in [0.1, 0.15) is 23.2 Å². The molecule has 5 heteroatoms. The first-order valence-electron chi connectivity index (χ1n) is 5.00. The smallest absolute Gasteiger partial charge is 0.254 e. The first-order valence-corrected chi connectivity index (χ1v) is 5.38. The van der Waals surface area contributed by atoms with Gasteiger partial charge in [-0.25, -0.2) is 4.39 Å². The Labute approximate surface area is 97.2 Å². The van der Waals surface area contributed by atoms with Crippen molar-refractivity contribution in [2.75, 3.05) is 0 Å². The van der Waals surface area contributed by atoms with E-state index in [1.807, 2.05) is 0 Å². The molecule has 0 aliphatic heterocycles. The van der Waals surface area contributed by atoms with Gasteiger partial charge in [-0.05, 0) is 31.0 Å². The number of hydrogen-bond acceptors (Lipinski definition) is 2. The van der Waals surface area contributed by atoms with Crippen molar-refractivity contribution in [1.82, 2.24) is 5.32 Å². The number of rotatable bonds is 2. The Morgan fingerprint density at radius 3 is 2.81 bits per heavy atom. The fraction of sp³-hybridized carbons (Fsp3) is 0.364. The predicted molar refractivity (Wildman–Crippen MR) is 57.9 cm³/mol. The zero-order valence-electron chi connectivity index (χ0n) is 8.41. The van der Waals surface area contributed by atoms with Crippen molar-refractivity contribution < 1.29 is 14.3 Å². The monoisotopic (exact) mass is 243 g/mol. The molecule has 1 aromatic rings. The molecule has 0 unspecified atom stereocenters. The van der Waals surface area contributed by atoms with Gasteiger partial charge in [-0.15, -0.1) is 0 Å². The topological polar surface area (TPSA) is 49.3 Å². The highest BCUT2D eigenvalue weighted by Gasteiger charge is 2.29. The van der Waals surface area contributed by atoms with Gasteiger partial charge in [-0.1, -0.05) is 11.6 Å². The number of carbonyl (C=O) groups is 1. The van der Waals surface area contributed by atoms with Crippen LogP contribution in [0.4, 0.5) is 4.39 Å². The van der Waals surface area contributed by atoms with E-state index in [4.69, 9.17) is 16.7 Å². The van der Waals surface area contributed by atoms with E-state index in [1.165, 1.54) is 12.1 Å². The number of amides is 1. The maximum absolute atomic E-state index is 13.3. The summed E-state index contributed by atoms with van der Waals surface area (Å²) in [6.45, 7) is 0. The van der Waals surface area contributed by atoms with Gasteiger partial charge < -0.3 is 10.4 Å². The van der Waals surface area contributed by atoms with E-state index in [0.717, 1.165) is 6.07 Å². The molecule has 86 valence electrons. The zero-order chi connectivity index (χ0) is 11.7. The second kappa shape index (κ2) is 4.39. The Kier molecular flexibility index (Phi) is 3.12. The number of hydrogen-bond donors (Lipinski definition) is 2. The molecule has 16 heavy (non-hydrogen) atoms. The molecule has 0 spiro atoms. The third-order valence-corrected chi connectivity index (χ3v) is 2.86. The summed E-state index contributed by atoms with van der Waals surface area (Å²) in [6, 6.07) is 3.77. The quantitative estimate of drug-likeness (QED) is 0.831. The van der Waals surface area contributed by atoms with E-state index < -0.39 is 11.7 Å². The van der Waals surface area contributed by atoms with Crippen molar-refractivity contribution in [3.05, 3.63) is 34.6 Å². The standard InChI is InChI=1S/C11H11ClFNO2/c12-6-1-2-10(13)9(3-6)11(16)14-7-4-8(15)5-7/h1-3,7-8,15H,4-5H2,(H,14,16). The Morgan fingerprint density at radius 1 is 1.50 bits per heavy atom. The fourth-order valence-electron chi connectivity index (χ4n) is 1.64. The molecular weight excluding hydrogens is 233 g/mol. The lowest BCUT2D eigenvalue weighted by molar-refractivity contribution is 0.0561. The predicted octanol–water partition coefficient (Wildman–Crippen LogP) is 1.73. The molecule has 0 aromatic heterocycles. The number of halogens is 2. The summed E-state index contributed by atoms with van der Waals surface area (Å²) < 4.78 is 13.3. The van der Waals surface area contributed by atoms with Crippen LogP contribution < -0.4 is 5.32 Å². The van der Waals surface area contributed by atoms with E-state index in [2.05, 4.69) is 5.32 Å². The molecule has 1 aliphatic rings. The van der Waals surface area contributed by atoms with Crippen LogP contribution >= 0.6 is 11.6 Å². The highest BCUT2D eigenvalue weighted by molar-refractivity contribution is 6.31. The van der Waals surface area contributed by atoms with Crippen LogP contribution in [0.3, 0.4) is 0 Å². The number of aliphatic hydroxyl groups excluding tert-OH is 1. The molecule has 1 aromatic carbocycles. The summed E-state index contributed by atoms with van der Waals surface area (Å²) in [5, 5.41) is 12.0. The van der Waals surface area contributed by atoms with Crippen LogP contribution in [-0.4, -0.2) is 23.2 Å². The van der Waals surface area contributed by atoms with Crippen LogP contribution in [0.15, 0.2) is 18.2 Å². The Morgan fingerprint density at radius 2 is 2.19 bits per heavy atom. The van der Waals surface area contributed by atoms with Crippen molar-refractivity contribution in [2.45, 2.75) is 25.0 Å². The van der Waals surface area contributed by atoms with E-state index in [-0.39, 0.29) is 17.7 Å². The van der Waals surface area contributed by atoms with Gasteiger partial charge in [0.2, 0.25) is 0 Å². The first-order chi connectivity index (χ1) is 7.56. The lowest BCUT2D eigenvalue weighted by Crippen LogP contribution is -2.46. The zero-order valence-corrected chi connectivity index (χ0v) is 9.17. The first kappa shape index (κ1) is 11.4. The summed E-state index contributed by atoms with van der Waals surface area (Å²) >= 11 is 5.68. The number of carbonyl (C=O) groups excluding carboxylic acids is 1. The fourth-order valence-corrected chi connectivity index (χ4v) is 1.81. The molecule has 0 atom stereocenters. The van der Waals surface area contributed by atoms with Crippen molar-refractivity contribution in [1.29, 1.82) is 0 Å². The van der Waals surface area contributed by atoms with Crippen LogP contribution in [0.5, 0.6) is 0 Å². The summed E-state index contributed by atoms with van der Waals surface area (Å²) in [5.74, 6) is -1.08. The summed E-state index contributed by atoms with van der Waals surface area (Å²) in [5.41, 5.74) is -0.0612. The average molecular weight is 244 g/mol. The lowest BCUT2D eigenvalue weighted by atomic mass is 9.89. The van der Waals surface area contributed by atoms with Gasteiger partial charge in [-0.2, -0.15) is 0 Å². The summed E-state index contributed by atoms with van der Waals surface area (Å²) in [4.78, 5) is 11.6. The lowest BCUT2D eigenvalue weighted by Gasteiger charge is -2.31. The van der Waals surface area contributed by atoms with Gasteiger partial charge in [0, 0.05) is 11.1 Å². The molecule has 0 bridgehead atoms. The molecule has 2 N–H and O–H groups in total. The third kappa shape index (κ3) is 2.33. The van der Waals surface area contributed by atoms with Gasteiger partial charge in [0.15, 0.2) is 0 Å². The maximum atomic E-state index is 13.3. The minimum absolute atomic E-state index is 0.0612. The average Bonchev–Trinajstić information content (AvgIpc) is 2.19. The minimum Gasteiger partial charge on any atom is -0.393 e. The maximum Gasteiger partial charge on any atom is 0.254 e. The number of benzene rings is 1. The summed E-state index contributed by atoms with van der Waals surface area (Å²) in [6.07, 6.45) is 0.691. The Balaban J connectivity index is 2.05. The van der Waals surface area contributed by atoms with Crippen LogP contribution in [0, 0.1) is 5.82 Å². The Hall–Kier alpha value is -1.13. The van der Waals surface area contributed by atoms with E-state index in [1.54, 1.807) is 0 Å². The largest absolute Gasteiger partial charge is 0.393 e. The molecule has 1 saturated carbocycles. The van der Waals surface area contributed by atoms with Gasteiger partial charge in [0.1, 0.15) is 5.82 Å². The van der Waals surface area contributed by atoms with Crippen LogP contribution in [0.2, 0.25) is 5.02 Å². The molecule has 1 aliphatic carbocycles. The van der Waals surface area contributed by atoms with E-state index in [9.17, 15) is 9.18 Å². The van der Waals surface area contributed by atoms with Crippen molar-refractivity contribution in [3.63, 3.8) is 0 Å². The van der Waals surface area contributed by atoms with Gasteiger partial charge in [0.05, 0.1) is 11.7 Å². The van der Waals surface area contributed by atoms with Gasteiger partial charge in [0.25, 0.3) is 5.91 Å². The van der Waals surface area contributed by atoms with Crippen LogP contribution in [-0.2, 0) is 0 Å². The van der Waals surface area contributed by atoms with Gasteiger partial charge >= 0.3 is 0 Å². The van der Waals surface area contributed by atoms with Crippen molar-refractivity contribution >= 4 is 17.5 Å². The molecule has 1 amide bonds. The normalized spacial score (nSPS) is 23.7. The number of nitrogens with one attached hydrogen (secondary N) is 1. The molecular formula is C11H11ClFNO2. The second-order valence-corrected chi connectivity index (χ2v) is 4.36. The molecule has 3 nitrogen and oxygen atoms in total. The third-order valence-electron chi connectivity index (χ3n) is 2.62. The molecule has 2 rings (SSSR count). The van der Waals surface area contributed by atoms with E-state index >= 15 is 0 Å². The highest BCUT2D eigenvalue weighted by atomic mass is 35.5. The molecule has 0 radical (unpaired) electrons. The second-order valence-electron chi connectivity index (χ2n) is 3.92. The molecule has 0 heterocycles. The van der Waals surface area contributed by atoms with E-state index in [0.29, 0.717) is 17.9 Å². The van der Waals surface area contributed by atoms with Crippen molar-refractivity contribution in [3.8, 4) is 0 Å².